The Hall–Kier alpha value is -2.24. The molecule has 0 spiro atoms. The van der Waals surface area contributed by atoms with Gasteiger partial charge in [-0.25, -0.2) is 0 Å². The molecule has 0 heterocycles. The van der Waals surface area contributed by atoms with Gasteiger partial charge in [0, 0.05) is 18.8 Å². The van der Waals surface area contributed by atoms with Crippen molar-refractivity contribution in [3.05, 3.63) is 24.3 Å². The van der Waals surface area contributed by atoms with Gasteiger partial charge in [0.05, 0.1) is 13.0 Å². The van der Waals surface area contributed by atoms with Gasteiger partial charge in [0.25, 0.3) is 5.91 Å². The van der Waals surface area contributed by atoms with E-state index in [0.717, 1.165) is 0 Å². The van der Waals surface area contributed by atoms with Gasteiger partial charge in [-0.3, -0.25) is 9.59 Å². The summed E-state index contributed by atoms with van der Waals surface area (Å²) in [6, 6.07) is 6.89. The minimum absolute atomic E-state index is 0.0932. The van der Waals surface area contributed by atoms with E-state index in [1.54, 1.807) is 29.2 Å². The second kappa shape index (κ2) is 8.84. The Morgan fingerprint density at radius 2 is 1.76 bits per heavy atom. The number of nitrogens with two attached hydrogens (primary N) is 1. The van der Waals surface area contributed by atoms with E-state index >= 15 is 0 Å². The van der Waals surface area contributed by atoms with Crippen LogP contribution in [0.5, 0.6) is 5.75 Å². The van der Waals surface area contributed by atoms with Crippen LogP contribution in [0.4, 0.5) is 5.69 Å². The van der Waals surface area contributed by atoms with Crippen LogP contribution < -0.4 is 10.5 Å². The van der Waals surface area contributed by atoms with Gasteiger partial charge >= 0.3 is 5.97 Å². The number of benzene rings is 1. The molecule has 0 bridgehead atoms. The van der Waals surface area contributed by atoms with E-state index in [-0.39, 0.29) is 25.5 Å². The molecule has 0 radical (unpaired) electrons. The number of anilines is 1. The lowest BCUT2D eigenvalue weighted by atomic mass is 10.3. The Labute approximate surface area is 124 Å². The van der Waals surface area contributed by atoms with Gasteiger partial charge in [0.2, 0.25) is 0 Å². The number of nitrogen functional groups attached to an aromatic ring is 1. The van der Waals surface area contributed by atoms with Crippen molar-refractivity contribution in [2.45, 2.75) is 20.3 Å². The highest BCUT2D eigenvalue weighted by Crippen LogP contribution is 2.13. The standard InChI is InChI=1S/C15H22N2O4/c1-3-17(4-2)14(18)11-21-15(19)9-10-20-13-7-5-12(16)6-8-13/h5-8H,3-4,9-11,16H2,1-2H3. The van der Waals surface area contributed by atoms with Crippen molar-refractivity contribution in [1.82, 2.24) is 4.90 Å². The van der Waals surface area contributed by atoms with Crippen LogP contribution in [0, 0.1) is 0 Å². The number of amides is 1. The molecule has 0 aliphatic rings. The number of carbonyl (C=O) groups is 2. The molecule has 1 rings (SSSR count). The number of ether oxygens (including phenoxy) is 2. The fourth-order valence-electron chi connectivity index (χ4n) is 1.70. The van der Waals surface area contributed by atoms with Gasteiger partial charge in [-0.05, 0) is 38.1 Å². The maximum atomic E-state index is 11.6. The largest absolute Gasteiger partial charge is 0.493 e. The first kappa shape index (κ1) is 16.8. The predicted molar refractivity (Wildman–Crippen MR) is 79.9 cm³/mol. The van der Waals surface area contributed by atoms with Crippen LogP contribution in [0.2, 0.25) is 0 Å². The van der Waals surface area contributed by atoms with Gasteiger partial charge in [-0.1, -0.05) is 0 Å². The summed E-state index contributed by atoms with van der Waals surface area (Å²) in [7, 11) is 0. The maximum absolute atomic E-state index is 11.6. The fourth-order valence-corrected chi connectivity index (χ4v) is 1.70. The van der Waals surface area contributed by atoms with Crippen molar-refractivity contribution < 1.29 is 19.1 Å². The summed E-state index contributed by atoms with van der Waals surface area (Å²) < 4.78 is 10.3. The zero-order chi connectivity index (χ0) is 15.7. The Kier molecular flexibility index (Phi) is 7.08. The van der Waals surface area contributed by atoms with E-state index in [2.05, 4.69) is 0 Å². The zero-order valence-corrected chi connectivity index (χ0v) is 12.5. The molecule has 0 saturated heterocycles. The van der Waals surface area contributed by atoms with Gasteiger partial charge in [0.1, 0.15) is 5.75 Å². The van der Waals surface area contributed by atoms with Crippen LogP contribution in [0.3, 0.4) is 0 Å². The zero-order valence-electron chi connectivity index (χ0n) is 12.5. The second-order valence-corrected chi connectivity index (χ2v) is 4.39. The maximum Gasteiger partial charge on any atom is 0.309 e. The van der Waals surface area contributed by atoms with Crippen molar-refractivity contribution in [3.8, 4) is 5.75 Å². The molecule has 1 amide bonds. The molecule has 21 heavy (non-hydrogen) atoms. The van der Waals surface area contributed by atoms with E-state index in [4.69, 9.17) is 15.2 Å². The molecule has 0 saturated carbocycles. The smallest absolute Gasteiger partial charge is 0.309 e. The summed E-state index contributed by atoms with van der Waals surface area (Å²) in [6.45, 7) is 4.94. The Morgan fingerprint density at radius 1 is 1.14 bits per heavy atom. The summed E-state index contributed by atoms with van der Waals surface area (Å²) in [6.07, 6.45) is 0.0932. The minimum atomic E-state index is -0.453. The highest BCUT2D eigenvalue weighted by atomic mass is 16.5. The van der Waals surface area contributed by atoms with Gasteiger partial charge in [-0.2, -0.15) is 0 Å². The number of rotatable bonds is 8. The van der Waals surface area contributed by atoms with E-state index in [1.165, 1.54) is 0 Å². The summed E-state index contributed by atoms with van der Waals surface area (Å²) in [5, 5.41) is 0. The van der Waals surface area contributed by atoms with Crippen LogP contribution in [-0.4, -0.2) is 43.1 Å². The number of carbonyl (C=O) groups excluding carboxylic acids is 2. The Morgan fingerprint density at radius 3 is 2.33 bits per heavy atom. The average molecular weight is 294 g/mol. The molecule has 0 aliphatic carbocycles. The number of likely N-dealkylation sites (N-methyl/N-ethyl adjacent to an activating group) is 1. The lowest BCUT2D eigenvalue weighted by Crippen LogP contribution is -2.34. The van der Waals surface area contributed by atoms with Crippen LogP contribution >= 0.6 is 0 Å². The third-order valence-corrected chi connectivity index (χ3v) is 2.93. The fraction of sp³-hybridized carbons (Fsp3) is 0.467. The van der Waals surface area contributed by atoms with Crippen molar-refractivity contribution in [3.63, 3.8) is 0 Å². The SMILES string of the molecule is CCN(CC)C(=O)COC(=O)CCOc1ccc(N)cc1. The molecule has 6 heteroatoms. The van der Waals surface area contributed by atoms with Crippen molar-refractivity contribution in [2.24, 2.45) is 0 Å². The lowest BCUT2D eigenvalue weighted by molar-refractivity contribution is -0.152. The molecule has 2 N–H and O–H groups in total. The summed E-state index contributed by atoms with van der Waals surface area (Å²) in [5.74, 6) is -0.00466. The van der Waals surface area contributed by atoms with E-state index in [9.17, 15) is 9.59 Å². The number of hydrogen-bond donors (Lipinski definition) is 1. The van der Waals surface area contributed by atoms with Crippen LogP contribution in [0.1, 0.15) is 20.3 Å². The van der Waals surface area contributed by atoms with Gasteiger partial charge in [-0.15, -0.1) is 0 Å². The Balaban J connectivity index is 2.22. The van der Waals surface area contributed by atoms with Crippen molar-refractivity contribution >= 4 is 17.6 Å². The van der Waals surface area contributed by atoms with E-state index in [1.807, 2.05) is 13.8 Å². The molecule has 1 aromatic rings. The molecule has 0 fully saturated rings. The number of hydrogen-bond acceptors (Lipinski definition) is 5. The van der Waals surface area contributed by atoms with E-state index < -0.39 is 5.97 Å². The summed E-state index contributed by atoms with van der Waals surface area (Å²) >= 11 is 0. The quantitative estimate of drug-likeness (QED) is 0.579. The van der Waals surface area contributed by atoms with Crippen LogP contribution in [-0.2, 0) is 14.3 Å². The molecular formula is C15H22N2O4. The first-order valence-electron chi connectivity index (χ1n) is 6.98. The summed E-state index contributed by atoms with van der Waals surface area (Å²) in [5.41, 5.74) is 6.20. The third-order valence-electron chi connectivity index (χ3n) is 2.93. The van der Waals surface area contributed by atoms with E-state index in [0.29, 0.717) is 24.5 Å². The van der Waals surface area contributed by atoms with Gasteiger partial charge in [0.15, 0.2) is 6.61 Å². The third kappa shape index (κ3) is 6.16. The molecule has 116 valence electrons. The molecule has 0 aromatic heterocycles. The second-order valence-electron chi connectivity index (χ2n) is 4.39. The summed E-state index contributed by atoms with van der Waals surface area (Å²) in [4.78, 5) is 24.7. The minimum Gasteiger partial charge on any atom is -0.493 e. The first-order valence-corrected chi connectivity index (χ1v) is 6.98. The molecule has 0 atom stereocenters. The molecule has 0 unspecified atom stereocenters. The molecule has 6 nitrogen and oxygen atoms in total. The highest BCUT2D eigenvalue weighted by Gasteiger charge is 2.12. The van der Waals surface area contributed by atoms with Crippen molar-refractivity contribution in [1.29, 1.82) is 0 Å². The molecule has 1 aromatic carbocycles. The topological polar surface area (TPSA) is 81.9 Å². The predicted octanol–water partition coefficient (Wildman–Crippen LogP) is 1.45. The van der Waals surface area contributed by atoms with Crippen molar-refractivity contribution in [2.75, 3.05) is 32.0 Å². The Bertz CT molecular complexity index is 455. The molecular weight excluding hydrogens is 272 g/mol. The first-order chi connectivity index (χ1) is 10.1. The van der Waals surface area contributed by atoms with Crippen LogP contribution in [0.25, 0.3) is 0 Å². The average Bonchev–Trinajstić information content (AvgIpc) is 2.48. The van der Waals surface area contributed by atoms with Crippen LogP contribution in [0.15, 0.2) is 24.3 Å². The number of esters is 1. The lowest BCUT2D eigenvalue weighted by Gasteiger charge is -2.18. The normalized spacial score (nSPS) is 10.0. The van der Waals surface area contributed by atoms with Gasteiger partial charge < -0.3 is 20.1 Å². The number of nitrogens with zero attached hydrogens (tertiary/aromatic N) is 1. The molecule has 0 aliphatic heterocycles. The highest BCUT2D eigenvalue weighted by molar-refractivity contribution is 5.80. The monoisotopic (exact) mass is 294 g/mol.